The number of aliphatic imine (C=N–C) groups is 1. The second kappa shape index (κ2) is 12.3. The number of ether oxygens (including phenoxy) is 2. The van der Waals surface area contributed by atoms with Crippen molar-refractivity contribution in [3.05, 3.63) is 29.8 Å². The van der Waals surface area contributed by atoms with Gasteiger partial charge in [0.1, 0.15) is 12.6 Å². The molecule has 0 aliphatic carbocycles. The third-order valence-electron chi connectivity index (χ3n) is 5.10. The van der Waals surface area contributed by atoms with Crippen molar-refractivity contribution in [2.75, 3.05) is 44.7 Å². The fourth-order valence-corrected chi connectivity index (χ4v) is 3.63. The molecule has 2 heterocycles. The van der Waals surface area contributed by atoms with Crippen LogP contribution in [0.4, 0.5) is 5.69 Å². The van der Waals surface area contributed by atoms with Crippen LogP contribution in [-0.4, -0.2) is 68.4 Å². The summed E-state index contributed by atoms with van der Waals surface area (Å²) in [5, 5.41) is 6.23. The van der Waals surface area contributed by atoms with Gasteiger partial charge in [0.2, 0.25) is 5.91 Å². The van der Waals surface area contributed by atoms with Gasteiger partial charge in [0.15, 0.2) is 5.96 Å². The molecule has 1 aromatic rings. The lowest BCUT2D eigenvalue weighted by Crippen LogP contribution is -2.53. The molecule has 0 spiro atoms. The molecule has 0 bridgehead atoms. The predicted octanol–water partition coefficient (Wildman–Crippen LogP) is 2.65. The van der Waals surface area contributed by atoms with Gasteiger partial charge in [0.25, 0.3) is 0 Å². The van der Waals surface area contributed by atoms with Gasteiger partial charge in [-0.1, -0.05) is 19.1 Å². The molecule has 2 N–H and O–H groups in total. The zero-order valence-electron chi connectivity index (χ0n) is 17.4. The summed E-state index contributed by atoms with van der Waals surface area (Å²) in [6.07, 6.45) is 3.31. The van der Waals surface area contributed by atoms with E-state index in [-0.39, 0.29) is 48.6 Å². The lowest BCUT2D eigenvalue weighted by molar-refractivity contribution is -0.114. The Morgan fingerprint density at radius 3 is 2.79 bits per heavy atom. The van der Waals surface area contributed by atoms with E-state index < -0.39 is 0 Å². The van der Waals surface area contributed by atoms with E-state index in [0.29, 0.717) is 6.61 Å². The Morgan fingerprint density at radius 1 is 1.24 bits per heavy atom. The Hall–Kier alpha value is -1.39. The molecule has 1 aromatic carbocycles. The van der Waals surface area contributed by atoms with E-state index in [2.05, 4.69) is 33.5 Å². The average Bonchev–Trinajstić information content (AvgIpc) is 3.26. The number of hydrogen-bond acceptors (Lipinski definition) is 4. The number of anilines is 1. The monoisotopic (exact) mass is 516 g/mol. The smallest absolute Gasteiger partial charge is 0.246 e. The lowest BCUT2D eigenvalue weighted by Gasteiger charge is -2.37. The van der Waals surface area contributed by atoms with Gasteiger partial charge < -0.3 is 25.0 Å². The minimum absolute atomic E-state index is 0. The van der Waals surface area contributed by atoms with Gasteiger partial charge in [0, 0.05) is 31.9 Å². The van der Waals surface area contributed by atoms with Crippen LogP contribution in [0.5, 0.6) is 0 Å². The molecule has 2 aliphatic heterocycles. The Bertz CT molecular complexity index is 680. The highest BCUT2D eigenvalue weighted by atomic mass is 127. The average molecular weight is 516 g/mol. The molecule has 2 atom stereocenters. The number of hydrogen-bond donors (Lipinski definition) is 2. The Morgan fingerprint density at radius 2 is 2.07 bits per heavy atom. The summed E-state index contributed by atoms with van der Waals surface area (Å²) >= 11 is 0. The van der Waals surface area contributed by atoms with Crippen LogP contribution in [0, 0.1) is 0 Å². The number of rotatable bonds is 6. The number of carbonyl (C=O) groups excluding carboxylic acids is 1. The number of guanidine groups is 1. The minimum Gasteiger partial charge on any atom is -0.375 e. The fourth-order valence-electron chi connectivity index (χ4n) is 3.63. The summed E-state index contributed by atoms with van der Waals surface area (Å²) in [5.41, 5.74) is 2.01. The first kappa shape index (κ1) is 23.9. The summed E-state index contributed by atoms with van der Waals surface area (Å²) < 4.78 is 11.7. The van der Waals surface area contributed by atoms with E-state index in [1.54, 1.807) is 0 Å². The lowest BCUT2D eigenvalue weighted by atomic mass is 10.1. The standard InChI is InChI=1S/C21H32N4O3.HI/c1-3-16-7-5-8-17(13-16)24-20(26)14-23-21(22-4-2)25-10-12-28-19(15-25)18-9-6-11-27-18;/h5,7-8,13,18-19H,3-4,6,9-12,14-15H2,1-2H3,(H,22,23)(H,24,26);1H. The summed E-state index contributed by atoms with van der Waals surface area (Å²) in [6.45, 7) is 7.92. The first-order valence-electron chi connectivity index (χ1n) is 10.3. The molecular weight excluding hydrogens is 483 g/mol. The molecule has 0 aromatic heterocycles. The van der Waals surface area contributed by atoms with Gasteiger partial charge in [-0.2, -0.15) is 0 Å². The maximum Gasteiger partial charge on any atom is 0.246 e. The Kier molecular flexibility index (Phi) is 10.2. The molecule has 2 saturated heterocycles. The zero-order valence-corrected chi connectivity index (χ0v) is 19.7. The molecule has 8 heteroatoms. The number of benzene rings is 1. The highest BCUT2D eigenvalue weighted by molar-refractivity contribution is 14.0. The topological polar surface area (TPSA) is 75.2 Å². The molecule has 0 radical (unpaired) electrons. The summed E-state index contributed by atoms with van der Waals surface area (Å²) in [7, 11) is 0. The molecule has 0 saturated carbocycles. The summed E-state index contributed by atoms with van der Waals surface area (Å²) in [4.78, 5) is 19.1. The van der Waals surface area contributed by atoms with Crippen molar-refractivity contribution < 1.29 is 14.3 Å². The van der Waals surface area contributed by atoms with E-state index in [9.17, 15) is 4.79 Å². The van der Waals surface area contributed by atoms with Crippen molar-refractivity contribution in [3.63, 3.8) is 0 Å². The highest BCUT2D eigenvalue weighted by Crippen LogP contribution is 2.21. The first-order valence-corrected chi connectivity index (χ1v) is 10.3. The van der Waals surface area contributed by atoms with Crippen molar-refractivity contribution in [2.24, 2.45) is 4.99 Å². The summed E-state index contributed by atoms with van der Waals surface area (Å²) in [5.74, 6) is 0.638. The maximum absolute atomic E-state index is 12.4. The number of nitrogens with one attached hydrogen (secondary N) is 2. The molecule has 2 fully saturated rings. The maximum atomic E-state index is 12.4. The molecule has 2 aliphatic rings. The van der Waals surface area contributed by atoms with E-state index in [1.807, 2.05) is 25.1 Å². The van der Waals surface area contributed by atoms with Crippen molar-refractivity contribution in [2.45, 2.75) is 45.3 Å². The third kappa shape index (κ3) is 7.11. The number of morpholine rings is 1. The Labute approximate surface area is 190 Å². The van der Waals surface area contributed by atoms with Gasteiger partial charge in [0.05, 0.1) is 12.7 Å². The normalized spacial score (nSPS) is 22.1. The number of amides is 1. The second-order valence-electron chi connectivity index (χ2n) is 7.18. The van der Waals surface area contributed by atoms with E-state index in [4.69, 9.17) is 9.47 Å². The Balaban J connectivity index is 0.00000300. The van der Waals surface area contributed by atoms with Crippen molar-refractivity contribution in [1.29, 1.82) is 0 Å². The molecule has 162 valence electrons. The second-order valence-corrected chi connectivity index (χ2v) is 7.18. The van der Waals surface area contributed by atoms with Crippen LogP contribution in [0.15, 0.2) is 29.3 Å². The first-order chi connectivity index (χ1) is 13.7. The van der Waals surface area contributed by atoms with Crippen molar-refractivity contribution in [3.8, 4) is 0 Å². The predicted molar refractivity (Wildman–Crippen MR) is 126 cm³/mol. The minimum atomic E-state index is -0.118. The molecule has 29 heavy (non-hydrogen) atoms. The highest BCUT2D eigenvalue weighted by Gasteiger charge is 2.32. The van der Waals surface area contributed by atoms with Crippen LogP contribution >= 0.6 is 24.0 Å². The van der Waals surface area contributed by atoms with Crippen LogP contribution in [0.1, 0.15) is 32.3 Å². The SMILES string of the molecule is CCNC(=NCC(=O)Nc1cccc(CC)c1)N1CCOC(C2CCCO2)C1.I. The van der Waals surface area contributed by atoms with E-state index >= 15 is 0 Å². The quantitative estimate of drug-likeness (QED) is 0.346. The van der Waals surface area contributed by atoms with Crippen molar-refractivity contribution in [1.82, 2.24) is 10.2 Å². The third-order valence-corrected chi connectivity index (χ3v) is 5.10. The number of aryl methyl sites for hydroxylation is 1. The number of carbonyl (C=O) groups is 1. The molecule has 3 rings (SSSR count). The van der Waals surface area contributed by atoms with Gasteiger partial charge in [-0.15, -0.1) is 24.0 Å². The summed E-state index contributed by atoms with van der Waals surface area (Å²) in [6, 6.07) is 7.92. The van der Waals surface area contributed by atoms with Crippen LogP contribution in [0.25, 0.3) is 0 Å². The molecule has 1 amide bonds. The van der Waals surface area contributed by atoms with E-state index in [0.717, 1.165) is 57.2 Å². The van der Waals surface area contributed by atoms with Crippen LogP contribution in [0.3, 0.4) is 0 Å². The van der Waals surface area contributed by atoms with E-state index in [1.165, 1.54) is 5.56 Å². The van der Waals surface area contributed by atoms with Crippen LogP contribution in [0.2, 0.25) is 0 Å². The number of nitrogens with zero attached hydrogens (tertiary/aromatic N) is 2. The van der Waals surface area contributed by atoms with Crippen LogP contribution in [-0.2, 0) is 20.7 Å². The number of halogens is 1. The molecule has 2 unspecified atom stereocenters. The largest absolute Gasteiger partial charge is 0.375 e. The van der Waals surface area contributed by atoms with Crippen LogP contribution < -0.4 is 10.6 Å². The van der Waals surface area contributed by atoms with Gasteiger partial charge in [-0.05, 0) is 43.9 Å². The molecular formula is C21H33IN4O3. The van der Waals surface area contributed by atoms with Gasteiger partial charge in [-0.25, -0.2) is 4.99 Å². The molecule has 7 nitrogen and oxygen atoms in total. The van der Waals surface area contributed by atoms with Gasteiger partial charge >= 0.3 is 0 Å². The van der Waals surface area contributed by atoms with Crippen molar-refractivity contribution >= 4 is 41.5 Å². The zero-order chi connectivity index (χ0) is 19.8. The van der Waals surface area contributed by atoms with Gasteiger partial charge in [-0.3, -0.25) is 4.79 Å². The fraction of sp³-hybridized carbons (Fsp3) is 0.619.